The fourth-order valence-corrected chi connectivity index (χ4v) is 4.96. The summed E-state index contributed by atoms with van der Waals surface area (Å²) in [4.78, 5) is 2.62. The number of halogens is 1. The van der Waals surface area contributed by atoms with Crippen molar-refractivity contribution >= 4 is 15.9 Å². The highest BCUT2D eigenvalue weighted by Gasteiger charge is 2.30. The summed E-state index contributed by atoms with van der Waals surface area (Å²) in [6.07, 6.45) is 3.43. The van der Waals surface area contributed by atoms with E-state index in [1.54, 1.807) is 7.11 Å². The Kier molecular flexibility index (Phi) is 6.13. The monoisotopic (exact) mass is 435 g/mol. The molecule has 0 radical (unpaired) electrons. The molecular formula is C25H26BrNO. The summed E-state index contributed by atoms with van der Waals surface area (Å²) in [5.41, 5.74) is 5.46. The summed E-state index contributed by atoms with van der Waals surface area (Å²) in [5.74, 6) is 1.02. The highest BCUT2D eigenvalue weighted by Crippen LogP contribution is 2.43. The number of hydrogen-bond acceptors (Lipinski definition) is 2. The van der Waals surface area contributed by atoms with Crippen molar-refractivity contribution in [3.63, 3.8) is 0 Å². The first-order chi connectivity index (χ1) is 13.8. The summed E-state index contributed by atoms with van der Waals surface area (Å²) >= 11 is 3.84. The van der Waals surface area contributed by atoms with E-state index in [2.05, 4.69) is 93.6 Å². The van der Waals surface area contributed by atoms with Crippen LogP contribution in [0.25, 0.3) is 0 Å². The molecule has 28 heavy (non-hydrogen) atoms. The summed E-state index contributed by atoms with van der Waals surface area (Å²) in [6.45, 7) is 1.87. The number of rotatable bonds is 6. The Hall–Kier alpha value is -2.10. The van der Waals surface area contributed by atoms with Gasteiger partial charge in [-0.3, -0.25) is 4.90 Å². The van der Waals surface area contributed by atoms with Crippen molar-refractivity contribution in [2.24, 2.45) is 0 Å². The van der Waals surface area contributed by atoms with Gasteiger partial charge >= 0.3 is 0 Å². The second kappa shape index (κ2) is 8.93. The summed E-state index contributed by atoms with van der Waals surface area (Å²) < 4.78 is 6.89. The molecule has 1 atom stereocenters. The predicted molar refractivity (Wildman–Crippen MR) is 119 cm³/mol. The molecule has 144 valence electrons. The summed E-state index contributed by atoms with van der Waals surface area (Å²) in [7, 11) is 1.78. The van der Waals surface area contributed by atoms with E-state index in [4.69, 9.17) is 4.74 Å². The van der Waals surface area contributed by atoms with Gasteiger partial charge in [0.15, 0.2) is 0 Å². The predicted octanol–water partition coefficient (Wildman–Crippen LogP) is 6.54. The summed E-state index contributed by atoms with van der Waals surface area (Å²) in [6, 6.07) is 26.2. The van der Waals surface area contributed by atoms with Crippen molar-refractivity contribution < 1.29 is 4.74 Å². The lowest BCUT2D eigenvalue weighted by molar-refractivity contribution is 0.159. The number of benzene rings is 3. The van der Waals surface area contributed by atoms with Crippen LogP contribution in [0.5, 0.6) is 5.75 Å². The van der Waals surface area contributed by atoms with E-state index in [-0.39, 0.29) is 0 Å². The zero-order valence-electron chi connectivity index (χ0n) is 16.3. The molecule has 4 rings (SSSR count). The lowest BCUT2D eigenvalue weighted by Crippen LogP contribution is -2.31. The van der Waals surface area contributed by atoms with Gasteiger partial charge in [-0.25, -0.2) is 0 Å². The highest BCUT2D eigenvalue weighted by molar-refractivity contribution is 9.10. The van der Waals surface area contributed by atoms with Crippen LogP contribution in [0.3, 0.4) is 0 Å². The number of nitrogens with zero attached hydrogens (tertiary/aromatic N) is 1. The minimum absolute atomic E-state index is 0.369. The largest absolute Gasteiger partial charge is 0.496 e. The summed E-state index contributed by atoms with van der Waals surface area (Å²) in [5, 5.41) is 0. The van der Waals surface area contributed by atoms with Crippen molar-refractivity contribution in [2.45, 2.75) is 38.4 Å². The third-order valence-electron chi connectivity index (χ3n) is 5.62. The van der Waals surface area contributed by atoms with Gasteiger partial charge in [-0.05, 0) is 48.1 Å². The molecule has 0 saturated carbocycles. The zero-order valence-corrected chi connectivity index (χ0v) is 17.9. The van der Waals surface area contributed by atoms with Crippen LogP contribution >= 0.6 is 15.9 Å². The maximum absolute atomic E-state index is 5.69. The van der Waals surface area contributed by atoms with Crippen molar-refractivity contribution in [3.8, 4) is 5.75 Å². The topological polar surface area (TPSA) is 12.5 Å². The molecule has 3 aromatic carbocycles. The molecule has 0 aromatic heterocycles. The number of fused-ring (bicyclic) bond motifs is 1. The first kappa shape index (κ1) is 19.2. The Morgan fingerprint density at radius 3 is 2.07 bits per heavy atom. The van der Waals surface area contributed by atoms with E-state index in [1.165, 1.54) is 39.6 Å². The molecule has 1 aliphatic carbocycles. The van der Waals surface area contributed by atoms with Gasteiger partial charge in [0.1, 0.15) is 5.75 Å². The van der Waals surface area contributed by atoms with Crippen LogP contribution in [0.4, 0.5) is 0 Å². The fourth-order valence-electron chi connectivity index (χ4n) is 4.32. The molecule has 0 bridgehead atoms. The molecule has 0 N–H and O–H groups in total. The van der Waals surface area contributed by atoms with Gasteiger partial charge in [0, 0.05) is 29.2 Å². The van der Waals surface area contributed by atoms with Gasteiger partial charge in [0.2, 0.25) is 0 Å². The molecule has 0 saturated heterocycles. The van der Waals surface area contributed by atoms with Gasteiger partial charge in [0.25, 0.3) is 0 Å². The Labute approximate surface area is 176 Å². The number of hydrogen-bond donors (Lipinski definition) is 0. The van der Waals surface area contributed by atoms with E-state index >= 15 is 0 Å². The first-order valence-electron chi connectivity index (χ1n) is 9.93. The SMILES string of the molecule is COc1ccc(Br)c2c1CCC[C@H]2N(Cc1ccccc1)Cc1ccccc1. The van der Waals surface area contributed by atoms with Gasteiger partial charge in [-0.15, -0.1) is 0 Å². The van der Waals surface area contributed by atoms with Crippen molar-refractivity contribution in [1.29, 1.82) is 0 Å². The molecule has 3 aromatic rings. The van der Waals surface area contributed by atoms with E-state index in [0.29, 0.717) is 6.04 Å². The Balaban J connectivity index is 1.73. The Bertz CT molecular complexity index is 869. The lowest BCUT2D eigenvalue weighted by Gasteiger charge is -2.37. The molecule has 0 heterocycles. The number of ether oxygens (including phenoxy) is 1. The quantitative estimate of drug-likeness (QED) is 0.435. The van der Waals surface area contributed by atoms with Crippen LogP contribution in [0, 0.1) is 0 Å². The minimum Gasteiger partial charge on any atom is -0.496 e. The molecular weight excluding hydrogens is 410 g/mol. The fraction of sp³-hybridized carbons (Fsp3) is 0.280. The molecule has 0 aliphatic heterocycles. The van der Waals surface area contributed by atoms with Crippen LogP contribution in [0.15, 0.2) is 77.3 Å². The van der Waals surface area contributed by atoms with E-state index < -0.39 is 0 Å². The van der Waals surface area contributed by atoms with Gasteiger partial charge in [-0.1, -0.05) is 76.6 Å². The molecule has 0 spiro atoms. The van der Waals surface area contributed by atoms with Gasteiger partial charge < -0.3 is 4.74 Å². The second-order valence-corrected chi connectivity index (χ2v) is 8.28. The van der Waals surface area contributed by atoms with Crippen molar-refractivity contribution in [1.82, 2.24) is 4.90 Å². The smallest absolute Gasteiger partial charge is 0.122 e. The zero-order chi connectivity index (χ0) is 19.3. The minimum atomic E-state index is 0.369. The Morgan fingerprint density at radius 2 is 1.50 bits per heavy atom. The third kappa shape index (κ3) is 4.16. The number of methoxy groups -OCH3 is 1. The molecule has 0 unspecified atom stereocenters. The standard InChI is InChI=1S/C25H26BrNO/c1-28-24-16-15-22(26)25-21(24)13-8-14-23(25)27(17-19-9-4-2-5-10-19)18-20-11-6-3-7-12-20/h2-7,9-12,15-16,23H,8,13-14,17-18H2,1H3/t23-/m1/s1. The normalized spacial score (nSPS) is 16.0. The van der Waals surface area contributed by atoms with Crippen molar-refractivity contribution in [3.05, 3.63) is 99.5 Å². The van der Waals surface area contributed by atoms with E-state index in [9.17, 15) is 0 Å². The average molecular weight is 436 g/mol. The van der Waals surface area contributed by atoms with E-state index in [0.717, 1.165) is 25.3 Å². The molecule has 1 aliphatic rings. The maximum Gasteiger partial charge on any atom is 0.122 e. The van der Waals surface area contributed by atoms with Gasteiger partial charge in [0.05, 0.1) is 7.11 Å². The second-order valence-electron chi connectivity index (χ2n) is 7.43. The molecule has 2 nitrogen and oxygen atoms in total. The lowest BCUT2D eigenvalue weighted by atomic mass is 9.85. The van der Waals surface area contributed by atoms with Crippen molar-refractivity contribution in [2.75, 3.05) is 7.11 Å². The van der Waals surface area contributed by atoms with Crippen LogP contribution in [0.2, 0.25) is 0 Å². The average Bonchev–Trinajstić information content (AvgIpc) is 2.75. The maximum atomic E-state index is 5.69. The Morgan fingerprint density at radius 1 is 0.893 bits per heavy atom. The third-order valence-corrected chi connectivity index (χ3v) is 6.31. The molecule has 3 heteroatoms. The van der Waals surface area contributed by atoms with Crippen LogP contribution in [0.1, 0.15) is 41.1 Å². The first-order valence-corrected chi connectivity index (χ1v) is 10.7. The van der Waals surface area contributed by atoms with E-state index in [1.807, 2.05) is 0 Å². The van der Waals surface area contributed by atoms with Crippen LogP contribution < -0.4 is 4.74 Å². The van der Waals surface area contributed by atoms with Crippen LogP contribution in [-0.2, 0) is 19.5 Å². The molecule has 0 fully saturated rings. The highest BCUT2D eigenvalue weighted by atomic mass is 79.9. The molecule has 0 amide bonds. The van der Waals surface area contributed by atoms with Gasteiger partial charge in [-0.2, -0.15) is 0 Å². The van der Waals surface area contributed by atoms with Crippen LogP contribution in [-0.4, -0.2) is 12.0 Å².